The third kappa shape index (κ3) is 4.90. The minimum atomic E-state index is -0.0861. The van der Waals surface area contributed by atoms with Gasteiger partial charge in [-0.15, -0.1) is 0 Å². The van der Waals surface area contributed by atoms with Gasteiger partial charge in [0.2, 0.25) is 0 Å². The zero-order valence-electron chi connectivity index (χ0n) is 16.1. The Morgan fingerprint density at radius 3 is 2.07 bits per heavy atom. The maximum absolute atomic E-state index is 12.5. The normalized spacial score (nSPS) is 18.1. The molecule has 2 fully saturated rings. The molecule has 1 amide bonds. The largest absolute Gasteiger partial charge is 0.379 e. The molecule has 28 heavy (non-hydrogen) atoms. The highest BCUT2D eigenvalue weighted by atomic mass is 16.5. The number of benzene rings is 2. The van der Waals surface area contributed by atoms with Crippen LogP contribution < -0.4 is 10.2 Å². The minimum absolute atomic E-state index is 0.0861. The van der Waals surface area contributed by atoms with E-state index in [1.165, 1.54) is 5.56 Å². The standard InChI is InChI=1S/C22H27N3O3/c26-22(19-3-1-18(2-4-19)17-24-9-13-27-14-10-24)23-20-5-7-21(8-6-20)25-11-15-28-16-12-25/h1-8H,9-17H2,(H,23,26). The Morgan fingerprint density at radius 2 is 1.43 bits per heavy atom. The van der Waals surface area contributed by atoms with Crippen LogP contribution in [0.3, 0.4) is 0 Å². The van der Waals surface area contributed by atoms with E-state index in [2.05, 4.69) is 15.1 Å². The first-order valence-corrected chi connectivity index (χ1v) is 9.91. The van der Waals surface area contributed by atoms with Gasteiger partial charge in [-0.05, 0) is 42.0 Å². The summed E-state index contributed by atoms with van der Waals surface area (Å²) in [5.41, 5.74) is 3.85. The fourth-order valence-electron chi connectivity index (χ4n) is 3.56. The number of nitrogens with one attached hydrogen (secondary N) is 1. The Bertz CT molecular complexity index is 765. The zero-order valence-corrected chi connectivity index (χ0v) is 16.1. The van der Waals surface area contributed by atoms with Crippen molar-refractivity contribution >= 4 is 17.3 Å². The van der Waals surface area contributed by atoms with Crippen molar-refractivity contribution in [1.82, 2.24) is 4.90 Å². The molecule has 0 saturated carbocycles. The molecule has 0 radical (unpaired) electrons. The Morgan fingerprint density at radius 1 is 0.821 bits per heavy atom. The lowest BCUT2D eigenvalue weighted by atomic mass is 10.1. The molecule has 0 aliphatic carbocycles. The molecule has 2 heterocycles. The van der Waals surface area contributed by atoms with Crippen molar-refractivity contribution < 1.29 is 14.3 Å². The van der Waals surface area contributed by atoms with Gasteiger partial charge in [0.25, 0.3) is 5.91 Å². The van der Waals surface area contributed by atoms with Gasteiger partial charge in [-0.3, -0.25) is 9.69 Å². The summed E-state index contributed by atoms with van der Waals surface area (Å²) in [7, 11) is 0. The number of hydrogen-bond donors (Lipinski definition) is 1. The van der Waals surface area contributed by atoms with Crippen LogP contribution in [-0.2, 0) is 16.0 Å². The van der Waals surface area contributed by atoms with E-state index in [-0.39, 0.29) is 5.91 Å². The molecular weight excluding hydrogens is 354 g/mol. The predicted molar refractivity (Wildman–Crippen MR) is 110 cm³/mol. The molecule has 6 nitrogen and oxygen atoms in total. The van der Waals surface area contributed by atoms with Gasteiger partial charge >= 0.3 is 0 Å². The van der Waals surface area contributed by atoms with Crippen molar-refractivity contribution in [1.29, 1.82) is 0 Å². The third-order valence-electron chi connectivity index (χ3n) is 5.23. The van der Waals surface area contributed by atoms with Gasteiger partial charge in [0.05, 0.1) is 26.4 Å². The predicted octanol–water partition coefficient (Wildman–Crippen LogP) is 2.61. The van der Waals surface area contributed by atoms with Crippen molar-refractivity contribution in [2.45, 2.75) is 6.54 Å². The molecule has 148 valence electrons. The molecule has 2 saturated heterocycles. The van der Waals surface area contributed by atoms with Crippen LogP contribution in [0.25, 0.3) is 0 Å². The first-order valence-electron chi connectivity index (χ1n) is 9.91. The molecule has 0 bridgehead atoms. The maximum atomic E-state index is 12.5. The summed E-state index contributed by atoms with van der Waals surface area (Å²) in [5, 5.41) is 2.98. The molecule has 2 aromatic carbocycles. The molecule has 6 heteroatoms. The van der Waals surface area contributed by atoms with Crippen molar-refractivity contribution in [2.75, 3.05) is 62.8 Å². The number of carbonyl (C=O) groups is 1. The highest BCUT2D eigenvalue weighted by molar-refractivity contribution is 6.04. The molecule has 4 rings (SSSR count). The first-order chi connectivity index (χ1) is 13.8. The molecule has 0 spiro atoms. The van der Waals surface area contributed by atoms with Crippen molar-refractivity contribution in [2.24, 2.45) is 0 Å². The summed E-state index contributed by atoms with van der Waals surface area (Å²) < 4.78 is 10.8. The van der Waals surface area contributed by atoms with Gasteiger partial charge in [-0.2, -0.15) is 0 Å². The molecule has 0 unspecified atom stereocenters. The van der Waals surface area contributed by atoms with E-state index in [9.17, 15) is 4.79 Å². The van der Waals surface area contributed by atoms with E-state index in [4.69, 9.17) is 9.47 Å². The average molecular weight is 381 g/mol. The van der Waals surface area contributed by atoms with Crippen LogP contribution in [-0.4, -0.2) is 63.4 Å². The van der Waals surface area contributed by atoms with E-state index in [0.717, 1.165) is 70.5 Å². The molecular formula is C22H27N3O3. The number of amides is 1. The third-order valence-corrected chi connectivity index (χ3v) is 5.23. The smallest absolute Gasteiger partial charge is 0.255 e. The Hall–Kier alpha value is -2.41. The fraction of sp³-hybridized carbons (Fsp3) is 0.409. The number of carbonyl (C=O) groups excluding carboxylic acids is 1. The summed E-state index contributed by atoms with van der Waals surface area (Å²) >= 11 is 0. The van der Waals surface area contributed by atoms with Crippen molar-refractivity contribution in [3.63, 3.8) is 0 Å². The zero-order chi connectivity index (χ0) is 19.2. The lowest BCUT2D eigenvalue weighted by Gasteiger charge is -2.28. The van der Waals surface area contributed by atoms with Gasteiger partial charge in [0, 0.05) is 49.7 Å². The van der Waals surface area contributed by atoms with Crippen LogP contribution >= 0.6 is 0 Å². The van der Waals surface area contributed by atoms with Crippen LogP contribution in [0.15, 0.2) is 48.5 Å². The van der Waals surface area contributed by atoms with E-state index >= 15 is 0 Å². The van der Waals surface area contributed by atoms with Gasteiger partial charge in [-0.25, -0.2) is 0 Å². The number of anilines is 2. The summed E-state index contributed by atoms with van der Waals surface area (Å²) in [4.78, 5) is 17.2. The highest BCUT2D eigenvalue weighted by Crippen LogP contribution is 2.19. The second-order valence-corrected chi connectivity index (χ2v) is 7.19. The number of nitrogens with zero attached hydrogens (tertiary/aromatic N) is 2. The van der Waals surface area contributed by atoms with Crippen LogP contribution in [0, 0.1) is 0 Å². The summed E-state index contributed by atoms with van der Waals surface area (Å²) in [5.74, 6) is -0.0861. The second kappa shape index (κ2) is 9.19. The van der Waals surface area contributed by atoms with Crippen LogP contribution in [0.5, 0.6) is 0 Å². The Balaban J connectivity index is 1.32. The fourth-order valence-corrected chi connectivity index (χ4v) is 3.56. The second-order valence-electron chi connectivity index (χ2n) is 7.19. The van der Waals surface area contributed by atoms with E-state index in [1.54, 1.807) is 0 Å². The molecule has 2 aliphatic rings. The molecule has 0 atom stereocenters. The maximum Gasteiger partial charge on any atom is 0.255 e. The Kier molecular flexibility index (Phi) is 6.21. The lowest BCUT2D eigenvalue weighted by molar-refractivity contribution is 0.0342. The molecule has 0 aromatic heterocycles. The minimum Gasteiger partial charge on any atom is -0.379 e. The van der Waals surface area contributed by atoms with Gasteiger partial charge in [-0.1, -0.05) is 12.1 Å². The summed E-state index contributed by atoms with van der Waals surface area (Å²) in [6.07, 6.45) is 0. The highest BCUT2D eigenvalue weighted by Gasteiger charge is 2.13. The number of morpholine rings is 2. The SMILES string of the molecule is O=C(Nc1ccc(N2CCOCC2)cc1)c1ccc(CN2CCOCC2)cc1. The Labute approximate surface area is 166 Å². The molecule has 2 aromatic rings. The van der Waals surface area contributed by atoms with Crippen LogP contribution in [0.2, 0.25) is 0 Å². The quantitative estimate of drug-likeness (QED) is 0.863. The number of ether oxygens (including phenoxy) is 2. The van der Waals surface area contributed by atoms with Crippen LogP contribution in [0.1, 0.15) is 15.9 Å². The van der Waals surface area contributed by atoms with Crippen molar-refractivity contribution in [3.8, 4) is 0 Å². The van der Waals surface area contributed by atoms with Crippen LogP contribution in [0.4, 0.5) is 11.4 Å². The van der Waals surface area contributed by atoms with Gasteiger partial charge in [0.15, 0.2) is 0 Å². The first kappa shape index (κ1) is 18.9. The average Bonchev–Trinajstić information content (AvgIpc) is 2.76. The lowest BCUT2D eigenvalue weighted by Crippen LogP contribution is -2.36. The molecule has 1 N–H and O–H groups in total. The monoisotopic (exact) mass is 381 g/mol. The van der Waals surface area contributed by atoms with E-state index in [0.29, 0.717) is 5.56 Å². The van der Waals surface area contributed by atoms with E-state index < -0.39 is 0 Å². The van der Waals surface area contributed by atoms with E-state index in [1.807, 2.05) is 48.5 Å². The summed E-state index contributed by atoms with van der Waals surface area (Å²) in [6, 6.07) is 15.9. The van der Waals surface area contributed by atoms with Gasteiger partial charge < -0.3 is 19.7 Å². The summed E-state index contributed by atoms with van der Waals surface area (Å²) in [6.45, 7) is 7.75. The molecule has 2 aliphatic heterocycles. The number of hydrogen-bond acceptors (Lipinski definition) is 5. The van der Waals surface area contributed by atoms with Crippen molar-refractivity contribution in [3.05, 3.63) is 59.7 Å². The van der Waals surface area contributed by atoms with Gasteiger partial charge in [0.1, 0.15) is 0 Å². The topological polar surface area (TPSA) is 54.0 Å². The number of rotatable bonds is 5.